The molecule has 28 heteroatoms. The zero-order valence-corrected chi connectivity index (χ0v) is 34.3. The van der Waals surface area contributed by atoms with Gasteiger partial charge in [0.15, 0.2) is 0 Å². The summed E-state index contributed by atoms with van der Waals surface area (Å²) < 4.78 is 90.1. The van der Waals surface area contributed by atoms with Gasteiger partial charge in [0.2, 0.25) is 19.0 Å². The lowest BCUT2D eigenvalue weighted by Gasteiger charge is -2.04. The minimum absolute atomic E-state index is 0. The number of amides is 1. The molecule has 3 aromatic heterocycles. The molecular weight excluding hydrogens is 835 g/mol. The van der Waals surface area contributed by atoms with Crippen LogP contribution in [0.1, 0.15) is 80.0 Å². The second-order valence-corrected chi connectivity index (χ2v) is 11.3. The molecule has 3 heterocycles. The first-order valence-corrected chi connectivity index (χ1v) is 18.2. The van der Waals surface area contributed by atoms with Crippen molar-refractivity contribution in [1.82, 2.24) is 19.0 Å². The number of carbonyl (C=O) groups excluding carboxylic acids is 3. The van der Waals surface area contributed by atoms with Gasteiger partial charge in [-0.15, -0.1) is 0 Å². The maximum Gasteiger partial charge on any atom is 0.762 e. The number of hydrogen-bond acceptors (Lipinski definition) is 5. The molecule has 6 N–H and O–H groups in total. The van der Waals surface area contributed by atoms with Crippen molar-refractivity contribution in [2.24, 2.45) is 5.73 Å². The van der Waals surface area contributed by atoms with Crippen molar-refractivity contribution < 1.29 is 93.7 Å². The van der Waals surface area contributed by atoms with Crippen molar-refractivity contribution >= 4 is 35.2 Å². The predicted octanol–water partition coefficient (Wildman–Crippen LogP) is -5.92. The summed E-state index contributed by atoms with van der Waals surface area (Å²) >= 11 is 0. The molecule has 0 aliphatic rings. The van der Waals surface area contributed by atoms with Crippen molar-refractivity contribution in [3.8, 4) is 0 Å². The van der Waals surface area contributed by atoms with E-state index in [0.717, 1.165) is 65.2 Å². The van der Waals surface area contributed by atoms with Crippen LogP contribution >= 0.6 is 0 Å². The van der Waals surface area contributed by atoms with Crippen molar-refractivity contribution in [2.75, 3.05) is 19.6 Å². The van der Waals surface area contributed by atoms with E-state index < -0.39 is 29.0 Å². The maximum atomic E-state index is 10.1. The molecular formula is C32H63B3F12N9O4. The van der Waals surface area contributed by atoms with Gasteiger partial charge in [0.1, 0.15) is 43.3 Å². The molecule has 0 bridgehead atoms. The van der Waals surface area contributed by atoms with Crippen LogP contribution in [0.25, 0.3) is 0 Å². The Bertz CT molecular complexity index is 1200. The van der Waals surface area contributed by atoms with Crippen LogP contribution in [-0.4, -0.2) is 68.5 Å². The van der Waals surface area contributed by atoms with Crippen LogP contribution in [0.15, 0.2) is 56.2 Å². The number of hydrogen-bond donors (Lipinski definition) is 3. The van der Waals surface area contributed by atoms with Crippen LogP contribution in [0.5, 0.6) is 0 Å². The number of nitrogens with one attached hydrogen (secondary N) is 1. The molecule has 3 rings (SSSR count). The minimum atomic E-state index is -3.67. The van der Waals surface area contributed by atoms with Crippen LogP contribution < -0.4 is 49.7 Å². The van der Waals surface area contributed by atoms with Crippen molar-refractivity contribution in [2.45, 2.75) is 118 Å². The lowest BCUT2D eigenvalue weighted by molar-refractivity contribution is -0.698. The van der Waals surface area contributed by atoms with Gasteiger partial charge < -0.3 is 40.8 Å². The molecule has 0 fully saturated rings. The van der Waals surface area contributed by atoms with Gasteiger partial charge in [0.25, 0.3) is 0 Å². The molecule has 13 nitrogen and oxygen atoms in total. The van der Waals surface area contributed by atoms with Crippen LogP contribution in [0.4, 0.5) is 44.0 Å². The number of nitrogens with zero attached hydrogens (tertiary/aromatic N) is 6. The van der Waals surface area contributed by atoms with Crippen molar-refractivity contribution in [1.29, 1.82) is 0 Å². The molecule has 0 atom stereocenters. The molecule has 0 spiro atoms. The number of imidazole rings is 3. The first-order valence-electron chi connectivity index (χ1n) is 18.2. The first kappa shape index (κ1) is 73.1. The smallest absolute Gasteiger partial charge is 0.762 e. The normalized spacial score (nSPS) is 8.62. The van der Waals surface area contributed by atoms with E-state index in [-0.39, 0.29) is 26.4 Å². The first-order chi connectivity index (χ1) is 26.7. The summed E-state index contributed by atoms with van der Waals surface area (Å²) in [4.78, 5) is 26.3. The Morgan fingerprint density at radius 2 is 1.00 bits per heavy atom. The molecule has 0 saturated carbocycles. The van der Waals surface area contributed by atoms with Gasteiger partial charge in [-0.05, 0) is 32.2 Å². The summed E-state index contributed by atoms with van der Waals surface area (Å²) in [5.41, 5.74) is 9.28. The molecule has 0 unspecified atom stereocenters. The summed E-state index contributed by atoms with van der Waals surface area (Å²) in [5, 5.41) is 12.3. The van der Waals surface area contributed by atoms with Crippen molar-refractivity contribution in [3.63, 3.8) is 0 Å². The third-order valence-corrected chi connectivity index (χ3v) is 6.70. The molecule has 1 radical (unpaired) electrons. The van der Waals surface area contributed by atoms with Crippen LogP contribution in [-0.2, 0) is 48.9 Å². The monoisotopic (exact) mass is 900 g/mol. The number of halogens is 12. The Balaban J connectivity index is -0.0000000796. The Kier molecular flexibility index (Phi) is 69.0. The number of nitrogens with two attached hydrogens (primary N) is 1. The zero-order chi connectivity index (χ0) is 43.4. The second-order valence-electron chi connectivity index (χ2n) is 11.3. The van der Waals surface area contributed by atoms with E-state index in [0.29, 0.717) is 6.54 Å². The topological polar surface area (TPSA) is 166 Å². The largest absolute Gasteiger partial charge is 1.00 e. The van der Waals surface area contributed by atoms with Gasteiger partial charge >= 0.3 is 29.1 Å². The molecule has 0 aliphatic heterocycles. The van der Waals surface area contributed by atoms with Gasteiger partial charge in [0.05, 0.1) is 45.8 Å². The Labute approximate surface area is 347 Å². The molecule has 353 valence electrons. The SMILES string of the molecule is CCCCn1cc[n+](CCCN)c1.CCCCn1cc[n+](CCCNC(=O)[O-])c1.CCCCn1cc[n+](CCC[NH3+])c1.F.FB(F)F.FB(F)F.F[B]F.O=C=O.[2HH].[F-].[F-].[F-]. The number of quaternary nitrogens is 1. The minimum Gasteiger partial charge on any atom is -1.00 e. The fraction of sp³-hybridized carbons (Fsp3) is 0.656. The van der Waals surface area contributed by atoms with Gasteiger partial charge in [0, 0.05) is 20.8 Å². The molecule has 0 aliphatic carbocycles. The lowest BCUT2D eigenvalue weighted by atomic mass is 10.3. The molecule has 0 saturated heterocycles. The second kappa shape index (κ2) is 56.7. The number of carbonyl (C=O) groups is 1. The third-order valence-electron chi connectivity index (χ3n) is 6.70. The van der Waals surface area contributed by atoms with Crippen LogP contribution in [0.3, 0.4) is 0 Å². The van der Waals surface area contributed by atoms with Crippen molar-refractivity contribution in [3.05, 3.63) is 56.2 Å². The molecule has 60 heavy (non-hydrogen) atoms. The van der Waals surface area contributed by atoms with E-state index in [1.54, 1.807) is 0 Å². The van der Waals surface area contributed by atoms with Gasteiger partial charge in [-0.1, -0.05) is 40.0 Å². The molecule has 3 aromatic rings. The highest BCUT2D eigenvalue weighted by Crippen LogP contribution is 1.95. The van der Waals surface area contributed by atoms with Gasteiger partial charge in [-0.25, -0.2) is 27.4 Å². The van der Waals surface area contributed by atoms with E-state index in [1.165, 1.54) is 44.9 Å². The van der Waals surface area contributed by atoms with E-state index in [9.17, 15) is 44.4 Å². The average molecular weight is 899 g/mol. The standard InChI is InChI=1S/C11H19N3O2.2C10H20N3.CO2.2BF3.BF2.4FH.H2/c1-2-3-6-13-8-9-14(10-13)7-4-5-12-11(15)16;2*1-2-3-6-12-8-9-13(10-12)7-4-5-11;2-1-3;2*2-1(3)4;2-1-3;;;;;/h8-10,12H,2-7H2,1H3;2*8-10H,2-7,11H2,1H3;;;;;5*1H/q;2*+1;;;;;;;;;/p-2/i;;;;;;;;;;;1+1. The van der Waals surface area contributed by atoms with Gasteiger partial charge in [-0.3, -0.25) is 39.2 Å². The average Bonchev–Trinajstić information content (AvgIpc) is 3.91. The highest BCUT2D eigenvalue weighted by molar-refractivity contribution is 6.33. The quantitative estimate of drug-likeness (QED) is 0.0472. The lowest BCUT2D eigenvalue weighted by Crippen LogP contribution is -3.00. The fourth-order valence-electron chi connectivity index (χ4n) is 4.15. The number of aryl methyl sites for hydroxylation is 6. The number of carboxylic acid groups (broad SMARTS) is 1. The fourth-order valence-corrected chi connectivity index (χ4v) is 4.15. The molecule has 0 aromatic carbocycles. The Hall–Kier alpha value is -4.45. The van der Waals surface area contributed by atoms with Gasteiger partial charge in [-0.2, -0.15) is 9.59 Å². The Morgan fingerprint density at radius 3 is 1.25 bits per heavy atom. The van der Waals surface area contributed by atoms with Crippen LogP contribution in [0.2, 0.25) is 0 Å². The third kappa shape index (κ3) is 60.2. The number of aromatic nitrogens is 6. The van der Waals surface area contributed by atoms with E-state index >= 15 is 0 Å². The predicted molar refractivity (Wildman–Crippen MR) is 198 cm³/mol. The summed E-state index contributed by atoms with van der Waals surface area (Å²) in [6.07, 6.45) is 28.4. The summed E-state index contributed by atoms with van der Waals surface area (Å²) in [6.45, 7) is 15.1. The van der Waals surface area contributed by atoms with E-state index in [4.69, 9.17) is 15.3 Å². The summed E-state index contributed by atoms with van der Waals surface area (Å²) in [7, 11) is -8.33. The highest BCUT2D eigenvalue weighted by atomic mass is 19.4. The maximum absolute atomic E-state index is 10.1. The number of unbranched alkanes of at least 4 members (excludes halogenated alkanes) is 3. The summed E-state index contributed by atoms with van der Waals surface area (Å²) in [5.74, 6) is 0. The Morgan fingerprint density at radius 1 is 0.717 bits per heavy atom. The number of rotatable bonds is 19. The zero-order valence-electron chi connectivity index (χ0n) is 34.3. The summed E-state index contributed by atoms with van der Waals surface area (Å²) in [6, 6.07) is 0. The van der Waals surface area contributed by atoms with E-state index in [2.05, 4.69) is 103 Å². The van der Waals surface area contributed by atoms with Crippen LogP contribution in [0, 0.1) is 0 Å². The van der Waals surface area contributed by atoms with E-state index in [1.807, 2.05) is 12.4 Å². The molecule has 1 amide bonds. The highest BCUT2D eigenvalue weighted by Gasteiger charge is 2.07.